The average molecular weight is 241 g/mol. The molecular formula is C13H27N3O. The third-order valence-electron chi connectivity index (χ3n) is 3.24. The summed E-state index contributed by atoms with van der Waals surface area (Å²) < 4.78 is 0. The fourth-order valence-electron chi connectivity index (χ4n) is 1.89. The SMILES string of the molecule is CC(C)NC(=O)CCNCC(C)N(C)C1CC1. The van der Waals surface area contributed by atoms with E-state index >= 15 is 0 Å². The van der Waals surface area contributed by atoms with Gasteiger partial charge in [-0.25, -0.2) is 0 Å². The molecule has 1 unspecified atom stereocenters. The average Bonchev–Trinajstić information content (AvgIpc) is 3.05. The maximum absolute atomic E-state index is 11.4. The molecule has 1 rings (SSSR count). The number of likely N-dealkylation sites (N-methyl/N-ethyl adjacent to an activating group) is 1. The number of nitrogens with zero attached hydrogens (tertiary/aromatic N) is 1. The molecule has 4 heteroatoms. The Kier molecular flexibility index (Phi) is 5.92. The zero-order valence-electron chi connectivity index (χ0n) is 11.6. The summed E-state index contributed by atoms with van der Waals surface area (Å²) in [6, 6.07) is 1.59. The van der Waals surface area contributed by atoms with Crippen LogP contribution in [0.3, 0.4) is 0 Å². The van der Waals surface area contributed by atoms with Gasteiger partial charge in [0.15, 0.2) is 0 Å². The van der Waals surface area contributed by atoms with Crippen molar-refractivity contribution < 1.29 is 4.79 Å². The lowest BCUT2D eigenvalue weighted by Crippen LogP contribution is -2.40. The first-order chi connectivity index (χ1) is 8.00. The van der Waals surface area contributed by atoms with E-state index in [1.54, 1.807) is 0 Å². The van der Waals surface area contributed by atoms with E-state index in [9.17, 15) is 4.79 Å². The van der Waals surface area contributed by atoms with E-state index in [1.165, 1.54) is 12.8 Å². The molecule has 0 aromatic rings. The number of hydrogen-bond acceptors (Lipinski definition) is 3. The second-order valence-corrected chi connectivity index (χ2v) is 5.42. The zero-order valence-corrected chi connectivity index (χ0v) is 11.6. The molecule has 17 heavy (non-hydrogen) atoms. The molecule has 0 bridgehead atoms. The molecule has 1 amide bonds. The second kappa shape index (κ2) is 6.97. The topological polar surface area (TPSA) is 44.4 Å². The predicted molar refractivity (Wildman–Crippen MR) is 71.0 cm³/mol. The minimum atomic E-state index is 0.135. The highest BCUT2D eigenvalue weighted by atomic mass is 16.1. The molecule has 1 saturated carbocycles. The van der Waals surface area contributed by atoms with E-state index in [0.717, 1.165) is 19.1 Å². The standard InChI is InChI=1S/C13H27N3O/c1-10(2)15-13(17)7-8-14-9-11(3)16(4)12-5-6-12/h10-12,14H,5-9H2,1-4H3,(H,15,17). The van der Waals surface area contributed by atoms with Gasteiger partial charge < -0.3 is 10.6 Å². The van der Waals surface area contributed by atoms with E-state index in [4.69, 9.17) is 0 Å². The second-order valence-electron chi connectivity index (χ2n) is 5.42. The summed E-state index contributed by atoms with van der Waals surface area (Å²) in [5.41, 5.74) is 0. The van der Waals surface area contributed by atoms with E-state index in [0.29, 0.717) is 12.5 Å². The molecule has 0 saturated heterocycles. The molecule has 1 fully saturated rings. The van der Waals surface area contributed by atoms with E-state index in [2.05, 4.69) is 29.5 Å². The van der Waals surface area contributed by atoms with Crippen LogP contribution in [0.2, 0.25) is 0 Å². The molecule has 0 aromatic carbocycles. The van der Waals surface area contributed by atoms with Crippen LogP contribution in [0.1, 0.15) is 40.0 Å². The molecule has 1 aliphatic carbocycles. The third-order valence-corrected chi connectivity index (χ3v) is 3.24. The van der Waals surface area contributed by atoms with Crippen LogP contribution in [0, 0.1) is 0 Å². The first-order valence-electron chi connectivity index (χ1n) is 6.72. The van der Waals surface area contributed by atoms with Gasteiger partial charge in [-0.1, -0.05) is 0 Å². The van der Waals surface area contributed by atoms with Gasteiger partial charge in [0.25, 0.3) is 0 Å². The lowest BCUT2D eigenvalue weighted by atomic mass is 10.2. The van der Waals surface area contributed by atoms with Crippen molar-refractivity contribution in [1.29, 1.82) is 0 Å². The summed E-state index contributed by atoms with van der Waals surface area (Å²) in [7, 11) is 2.19. The Morgan fingerprint density at radius 2 is 2.00 bits per heavy atom. The van der Waals surface area contributed by atoms with Crippen LogP contribution in [0.4, 0.5) is 0 Å². The summed E-state index contributed by atoms with van der Waals surface area (Å²) in [6.45, 7) is 7.93. The number of carbonyl (C=O) groups excluding carboxylic acids is 1. The van der Waals surface area contributed by atoms with Crippen molar-refractivity contribution in [1.82, 2.24) is 15.5 Å². The van der Waals surface area contributed by atoms with Gasteiger partial charge in [-0.15, -0.1) is 0 Å². The molecular weight excluding hydrogens is 214 g/mol. The van der Waals surface area contributed by atoms with Crippen molar-refractivity contribution in [2.45, 2.75) is 58.2 Å². The summed E-state index contributed by atoms with van der Waals surface area (Å²) in [4.78, 5) is 13.8. The minimum Gasteiger partial charge on any atom is -0.354 e. The highest BCUT2D eigenvalue weighted by Gasteiger charge is 2.28. The highest BCUT2D eigenvalue weighted by molar-refractivity contribution is 5.76. The number of hydrogen-bond donors (Lipinski definition) is 2. The van der Waals surface area contributed by atoms with Crippen molar-refractivity contribution >= 4 is 5.91 Å². The van der Waals surface area contributed by atoms with Gasteiger partial charge in [-0.2, -0.15) is 0 Å². The summed E-state index contributed by atoms with van der Waals surface area (Å²) in [5.74, 6) is 0.135. The maximum atomic E-state index is 11.4. The lowest BCUT2D eigenvalue weighted by Gasteiger charge is -2.24. The van der Waals surface area contributed by atoms with Crippen LogP contribution in [0.5, 0.6) is 0 Å². The quantitative estimate of drug-likeness (QED) is 0.623. The number of amides is 1. The Balaban J connectivity index is 2.01. The summed E-state index contributed by atoms with van der Waals surface area (Å²) in [5, 5.41) is 6.24. The van der Waals surface area contributed by atoms with E-state index in [-0.39, 0.29) is 11.9 Å². The van der Waals surface area contributed by atoms with Gasteiger partial charge in [0.1, 0.15) is 0 Å². The third kappa shape index (κ3) is 6.03. The van der Waals surface area contributed by atoms with Gasteiger partial charge in [0, 0.05) is 37.6 Å². The highest BCUT2D eigenvalue weighted by Crippen LogP contribution is 2.26. The monoisotopic (exact) mass is 241 g/mol. The molecule has 4 nitrogen and oxygen atoms in total. The molecule has 0 radical (unpaired) electrons. The first kappa shape index (κ1) is 14.5. The zero-order chi connectivity index (χ0) is 12.8. The van der Waals surface area contributed by atoms with Crippen LogP contribution in [-0.2, 0) is 4.79 Å². The van der Waals surface area contributed by atoms with Crippen LogP contribution in [-0.4, -0.2) is 49.1 Å². The normalized spacial score (nSPS) is 17.5. The van der Waals surface area contributed by atoms with Crippen molar-refractivity contribution in [3.63, 3.8) is 0 Å². The van der Waals surface area contributed by atoms with Crippen LogP contribution in [0.25, 0.3) is 0 Å². The summed E-state index contributed by atoms with van der Waals surface area (Å²) >= 11 is 0. The fourth-order valence-corrected chi connectivity index (χ4v) is 1.89. The van der Waals surface area contributed by atoms with Gasteiger partial charge in [-0.3, -0.25) is 9.69 Å². The molecule has 1 atom stereocenters. The Morgan fingerprint density at radius 3 is 2.53 bits per heavy atom. The lowest BCUT2D eigenvalue weighted by molar-refractivity contribution is -0.121. The molecule has 0 aromatic heterocycles. The molecule has 0 spiro atoms. The maximum Gasteiger partial charge on any atom is 0.221 e. The van der Waals surface area contributed by atoms with E-state index < -0.39 is 0 Å². The van der Waals surface area contributed by atoms with Gasteiger partial charge in [0.2, 0.25) is 5.91 Å². The summed E-state index contributed by atoms with van der Waals surface area (Å²) in [6.07, 6.45) is 3.26. The van der Waals surface area contributed by atoms with Crippen molar-refractivity contribution in [2.24, 2.45) is 0 Å². The Hall–Kier alpha value is -0.610. The Morgan fingerprint density at radius 1 is 1.35 bits per heavy atom. The van der Waals surface area contributed by atoms with Crippen LogP contribution in [0.15, 0.2) is 0 Å². The number of rotatable bonds is 8. The Labute approximate surface area is 105 Å². The van der Waals surface area contributed by atoms with E-state index in [1.807, 2.05) is 13.8 Å². The number of carbonyl (C=O) groups is 1. The fraction of sp³-hybridized carbons (Fsp3) is 0.923. The van der Waals surface area contributed by atoms with Crippen LogP contribution < -0.4 is 10.6 Å². The smallest absolute Gasteiger partial charge is 0.221 e. The van der Waals surface area contributed by atoms with Gasteiger partial charge >= 0.3 is 0 Å². The molecule has 0 aliphatic heterocycles. The first-order valence-corrected chi connectivity index (χ1v) is 6.72. The Bertz CT molecular complexity index is 239. The van der Waals surface area contributed by atoms with Gasteiger partial charge in [0.05, 0.1) is 0 Å². The van der Waals surface area contributed by atoms with Crippen LogP contribution >= 0.6 is 0 Å². The predicted octanol–water partition coefficient (Wildman–Crippen LogP) is 0.973. The minimum absolute atomic E-state index is 0.135. The van der Waals surface area contributed by atoms with Crippen molar-refractivity contribution in [2.75, 3.05) is 20.1 Å². The largest absolute Gasteiger partial charge is 0.354 e. The molecule has 1 aliphatic rings. The molecule has 0 heterocycles. The van der Waals surface area contributed by atoms with Crippen molar-refractivity contribution in [3.8, 4) is 0 Å². The van der Waals surface area contributed by atoms with Crippen molar-refractivity contribution in [3.05, 3.63) is 0 Å². The molecule has 2 N–H and O–H groups in total. The van der Waals surface area contributed by atoms with Gasteiger partial charge in [-0.05, 0) is 40.7 Å². The number of nitrogens with one attached hydrogen (secondary N) is 2. The molecule has 100 valence electrons.